The highest BCUT2D eigenvalue weighted by Crippen LogP contribution is 1.93. The van der Waals surface area contributed by atoms with Gasteiger partial charge in [-0.05, 0) is 12.8 Å². The van der Waals surface area contributed by atoms with Gasteiger partial charge in [0.05, 0.1) is 0 Å². The predicted molar refractivity (Wildman–Crippen MR) is 45.3 cm³/mol. The van der Waals surface area contributed by atoms with Crippen LogP contribution in [0.15, 0.2) is 0 Å². The summed E-state index contributed by atoms with van der Waals surface area (Å²) in [6.07, 6.45) is 4.03. The van der Waals surface area contributed by atoms with Crippen molar-refractivity contribution < 1.29 is 0 Å². The third-order valence-electron chi connectivity index (χ3n) is 1.23. The summed E-state index contributed by atoms with van der Waals surface area (Å²) in [6, 6.07) is 0. The standard InChI is InChI=1S/C5H12N2.HI/c1-2-4-6-7-5-3-1;/h6-7H,1-5H2;1H. The summed E-state index contributed by atoms with van der Waals surface area (Å²) < 4.78 is 0. The third-order valence-corrected chi connectivity index (χ3v) is 1.23. The van der Waals surface area contributed by atoms with E-state index in [-0.39, 0.29) is 24.0 Å². The van der Waals surface area contributed by atoms with Crippen LogP contribution in [0, 0.1) is 0 Å². The quantitative estimate of drug-likeness (QED) is 0.601. The SMILES string of the molecule is C1CCNNCC1.I. The van der Waals surface area contributed by atoms with E-state index in [4.69, 9.17) is 0 Å². The highest BCUT2D eigenvalue weighted by molar-refractivity contribution is 14.0. The minimum atomic E-state index is 0. The average Bonchev–Trinajstić information content (AvgIpc) is 1.90. The van der Waals surface area contributed by atoms with E-state index in [1.165, 1.54) is 19.3 Å². The molecule has 0 amide bonds. The Labute approximate surface area is 67.4 Å². The van der Waals surface area contributed by atoms with Crippen LogP contribution < -0.4 is 10.9 Å². The maximum atomic E-state index is 3.10. The molecule has 2 nitrogen and oxygen atoms in total. The molecule has 8 heavy (non-hydrogen) atoms. The zero-order valence-electron chi connectivity index (χ0n) is 4.94. The van der Waals surface area contributed by atoms with Gasteiger partial charge in [0.2, 0.25) is 0 Å². The third kappa shape index (κ3) is 3.63. The van der Waals surface area contributed by atoms with Crippen molar-refractivity contribution in [3.8, 4) is 0 Å². The Bertz CT molecular complexity index is 30.0. The Balaban J connectivity index is 0.000000490. The highest BCUT2D eigenvalue weighted by atomic mass is 127. The smallest absolute Gasteiger partial charge is 0.00997 e. The van der Waals surface area contributed by atoms with E-state index in [0.717, 1.165) is 13.1 Å². The maximum Gasteiger partial charge on any atom is 0.00997 e. The Morgan fingerprint density at radius 2 is 1.25 bits per heavy atom. The molecule has 0 unspecified atom stereocenters. The van der Waals surface area contributed by atoms with Crippen LogP contribution >= 0.6 is 24.0 Å². The lowest BCUT2D eigenvalue weighted by molar-refractivity contribution is 0.573. The van der Waals surface area contributed by atoms with E-state index in [1.807, 2.05) is 0 Å². The molecule has 0 aromatic rings. The predicted octanol–water partition coefficient (Wildman–Crippen LogP) is 0.883. The van der Waals surface area contributed by atoms with Crippen molar-refractivity contribution in [3.05, 3.63) is 0 Å². The molecule has 1 aliphatic heterocycles. The van der Waals surface area contributed by atoms with Crippen LogP contribution in [0.2, 0.25) is 0 Å². The molecule has 0 aliphatic carbocycles. The second-order valence-corrected chi connectivity index (χ2v) is 1.91. The van der Waals surface area contributed by atoms with Crippen molar-refractivity contribution in [2.45, 2.75) is 19.3 Å². The van der Waals surface area contributed by atoms with Crippen LogP contribution in [0.25, 0.3) is 0 Å². The van der Waals surface area contributed by atoms with Crippen LogP contribution in [0.3, 0.4) is 0 Å². The first kappa shape index (κ1) is 8.65. The van der Waals surface area contributed by atoms with E-state index >= 15 is 0 Å². The van der Waals surface area contributed by atoms with Gasteiger partial charge in [-0.2, -0.15) is 0 Å². The molecule has 1 fully saturated rings. The molecule has 0 saturated carbocycles. The Morgan fingerprint density at radius 1 is 0.750 bits per heavy atom. The first-order valence-corrected chi connectivity index (χ1v) is 2.96. The molecular formula is C5H13IN2. The summed E-state index contributed by atoms with van der Waals surface area (Å²) in [6.45, 7) is 2.28. The van der Waals surface area contributed by atoms with Gasteiger partial charge in [0, 0.05) is 13.1 Å². The molecule has 3 heteroatoms. The van der Waals surface area contributed by atoms with Gasteiger partial charge in [0.15, 0.2) is 0 Å². The minimum absolute atomic E-state index is 0. The Hall–Kier alpha value is 0.650. The first-order valence-electron chi connectivity index (χ1n) is 2.96. The van der Waals surface area contributed by atoms with Crippen LogP contribution in [0.4, 0.5) is 0 Å². The molecule has 0 bridgehead atoms. The summed E-state index contributed by atoms with van der Waals surface area (Å²) in [7, 11) is 0. The van der Waals surface area contributed by atoms with E-state index in [9.17, 15) is 0 Å². The van der Waals surface area contributed by atoms with Crippen LogP contribution in [0.1, 0.15) is 19.3 Å². The number of hydrazine groups is 1. The molecule has 0 radical (unpaired) electrons. The topological polar surface area (TPSA) is 24.1 Å². The van der Waals surface area contributed by atoms with Gasteiger partial charge in [-0.15, -0.1) is 24.0 Å². The van der Waals surface area contributed by atoms with E-state index in [1.54, 1.807) is 0 Å². The van der Waals surface area contributed by atoms with Crippen molar-refractivity contribution in [2.75, 3.05) is 13.1 Å². The molecular weight excluding hydrogens is 215 g/mol. The van der Waals surface area contributed by atoms with Crippen LogP contribution in [-0.2, 0) is 0 Å². The van der Waals surface area contributed by atoms with Gasteiger partial charge in [-0.3, -0.25) is 10.9 Å². The largest absolute Gasteiger partial charge is 0.258 e. The summed E-state index contributed by atoms with van der Waals surface area (Å²) in [5, 5.41) is 0. The molecule has 0 spiro atoms. The average molecular weight is 228 g/mol. The molecule has 50 valence electrons. The van der Waals surface area contributed by atoms with Gasteiger partial charge in [0.1, 0.15) is 0 Å². The lowest BCUT2D eigenvalue weighted by Gasteiger charge is -1.95. The van der Waals surface area contributed by atoms with E-state index in [0.29, 0.717) is 0 Å². The molecule has 1 heterocycles. The van der Waals surface area contributed by atoms with Crippen molar-refractivity contribution >= 4 is 24.0 Å². The molecule has 1 saturated heterocycles. The minimum Gasteiger partial charge on any atom is -0.258 e. The fraction of sp³-hybridized carbons (Fsp3) is 1.00. The number of hydrogen-bond acceptors (Lipinski definition) is 2. The van der Waals surface area contributed by atoms with Gasteiger partial charge < -0.3 is 0 Å². The first-order chi connectivity index (χ1) is 3.50. The summed E-state index contributed by atoms with van der Waals surface area (Å²) in [5.41, 5.74) is 6.19. The zero-order valence-corrected chi connectivity index (χ0v) is 7.27. The highest BCUT2D eigenvalue weighted by Gasteiger charge is 1.92. The number of rotatable bonds is 0. The second kappa shape index (κ2) is 5.78. The van der Waals surface area contributed by atoms with Crippen molar-refractivity contribution in [2.24, 2.45) is 0 Å². The lowest BCUT2D eigenvalue weighted by atomic mass is 10.2. The Kier molecular flexibility index (Phi) is 6.25. The summed E-state index contributed by atoms with van der Waals surface area (Å²) in [5.74, 6) is 0. The van der Waals surface area contributed by atoms with Crippen LogP contribution in [-0.4, -0.2) is 13.1 Å². The summed E-state index contributed by atoms with van der Waals surface area (Å²) in [4.78, 5) is 0. The lowest BCUT2D eigenvalue weighted by Crippen LogP contribution is -2.30. The van der Waals surface area contributed by atoms with Gasteiger partial charge in [-0.1, -0.05) is 6.42 Å². The number of nitrogens with one attached hydrogen (secondary N) is 2. The maximum absolute atomic E-state index is 3.10. The molecule has 0 atom stereocenters. The van der Waals surface area contributed by atoms with E-state index < -0.39 is 0 Å². The van der Waals surface area contributed by atoms with Crippen molar-refractivity contribution in [1.29, 1.82) is 0 Å². The van der Waals surface area contributed by atoms with Crippen molar-refractivity contribution in [1.82, 2.24) is 10.9 Å². The molecule has 2 N–H and O–H groups in total. The fourth-order valence-electron chi connectivity index (χ4n) is 0.780. The normalized spacial score (nSPS) is 21.0. The van der Waals surface area contributed by atoms with Gasteiger partial charge >= 0.3 is 0 Å². The van der Waals surface area contributed by atoms with Gasteiger partial charge in [0.25, 0.3) is 0 Å². The molecule has 1 aliphatic rings. The summed E-state index contributed by atoms with van der Waals surface area (Å²) >= 11 is 0. The number of hydrogen-bond donors (Lipinski definition) is 2. The van der Waals surface area contributed by atoms with Crippen LogP contribution in [0.5, 0.6) is 0 Å². The van der Waals surface area contributed by atoms with E-state index in [2.05, 4.69) is 10.9 Å². The number of halogens is 1. The second-order valence-electron chi connectivity index (χ2n) is 1.91. The fourth-order valence-corrected chi connectivity index (χ4v) is 0.780. The zero-order chi connectivity index (χ0) is 4.95. The Morgan fingerprint density at radius 3 is 1.75 bits per heavy atom. The van der Waals surface area contributed by atoms with Crippen molar-refractivity contribution in [3.63, 3.8) is 0 Å². The molecule has 0 aromatic carbocycles. The van der Waals surface area contributed by atoms with Gasteiger partial charge in [-0.25, -0.2) is 0 Å². The molecule has 0 aromatic heterocycles. The monoisotopic (exact) mass is 228 g/mol. The molecule has 1 rings (SSSR count).